The SMILES string of the molecule is CC(=O)N(C1=NN(C(C)=O)C(c2cn(-c3ccc(S(=O)(=O)/N=C/N(C)C)cc3)nc2-c2ccccc2)S1)c1ccc(Cl)cc1. The van der Waals surface area contributed by atoms with E-state index in [4.69, 9.17) is 16.7 Å². The first-order chi connectivity index (χ1) is 20.9. The van der Waals surface area contributed by atoms with Crippen LogP contribution in [0.15, 0.2) is 99.5 Å². The van der Waals surface area contributed by atoms with E-state index in [1.54, 1.807) is 61.4 Å². The Balaban J connectivity index is 1.55. The highest BCUT2D eigenvalue weighted by Gasteiger charge is 2.38. The lowest BCUT2D eigenvalue weighted by Gasteiger charge is -2.20. The molecule has 1 aliphatic heterocycles. The number of nitrogens with zero attached hydrogens (tertiary/aromatic N) is 7. The van der Waals surface area contributed by atoms with E-state index in [2.05, 4.69) is 9.50 Å². The Morgan fingerprint density at radius 2 is 1.64 bits per heavy atom. The smallest absolute Gasteiger partial charge is 0.283 e. The normalized spacial score (nSPS) is 15.0. The zero-order chi connectivity index (χ0) is 31.6. The van der Waals surface area contributed by atoms with E-state index >= 15 is 0 Å². The quantitative estimate of drug-likeness (QED) is 0.194. The van der Waals surface area contributed by atoms with Crippen molar-refractivity contribution in [2.24, 2.45) is 9.50 Å². The van der Waals surface area contributed by atoms with Gasteiger partial charge in [-0.05, 0) is 48.5 Å². The van der Waals surface area contributed by atoms with Gasteiger partial charge in [-0.1, -0.05) is 53.7 Å². The van der Waals surface area contributed by atoms with Crippen molar-refractivity contribution < 1.29 is 18.0 Å². The van der Waals surface area contributed by atoms with Crippen molar-refractivity contribution in [3.8, 4) is 16.9 Å². The van der Waals surface area contributed by atoms with Crippen LogP contribution in [0.1, 0.15) is 24.8 Å². The first-order valence-corrected chi connectivity index (χ1v) is 16.0. The number of carbonyl (C=O) groups excluding carboxylic acids is 2. The molecule has 11 nitrogen and oxygen atoms in total. The minimum absolute atomic E-state index is 0.0358. The van der Waals surface area contributed by atoms with Gasteiger partial charge in [-0.15, -0.1) is 9.50 Å². The third kappa shape index (κ3) is 6.54. The Morgan fingerprint density at radius 1 is 0.977 bits per heavy atom. The Morgan fingerprint density at radius 3 is 2.23 bits per heavy atom. The van der Waals surface area contributed by atoms with Gasteiger partial charge in [0.25, 0.3) is 10.0 Å². The maximum Gasteiger partial charge on any atom is 0.283 e. The van der Waals surface area contributed by atoms with E-state index in [9.17, 15) is 18.0 Å². The molecule has 0 radical (unpaired) electrons. The Hall–Kier alpha value is -4.46. The van der Waals surface area contributed by atoms with Crippen LogP contribution < -0.4 is 4.90 Å². The van der Waals surface area contributed by atoms with Crippen molar-refractivity contribution >= 4 is 62.4 Å². The first-order valence-electron chi connectivity index (χ1n) is 13.3. The second-order valence-corrected chi connectivity index (χ2v) is 13.1. The monoisotopic (exact) mass is 649 g/mol. The summed E-state index contributed by atoms with van der Waals surface area (Å²) in [5, 5.41) is 10.9. The van der Waals surface area contributed by atoms with Crippen LogP contribution in [0, 0.1) is 0 Å². The zero-order valence-corrected chi connectivity index (χ0v) is 26.6. The summed E-state index contributed by atoms with van der Waals surface area (Å²) in [6, 6.07) is 22.4. The number of hydrogen-bond acceptors (Lipinski definition) is 7. The summed E-state index contributed by atoms with van der Waals surface area (Å²) in [5.41, 5.74) is 3.22. The fourth-order valence-corrected chi connectivity index (χ4v) is 6.68. The van der Waals surface area contributed by atoms with E-state index in [-0.39, 0.29) is 16.7 Å². The summed E-state index contributed by atoms with van der Waals surface area (Å²) in [6.45, 7) is 2.83. The van der Waals surface area contributed by atoms with Crippen LogP contribution in [0.2, 0.25) is 5.02 Å². The van der Waals surface area contributed by atoms with Crippen molar-refractivity contribution in [1.82, 2.24) is 19.7 Å². The number of benzene rings is 3. The van der Waals surface area contributed by atoms with Gasteiger partial charge in [0.1, 0.15) is 11.7 Å². The standard InChI is InChI=1S/C30H28ClN7O4S2/c1-20(39)37(25-12-10-23(31)11-13-25)30-34-38(21(2)40)29(43-30)27-18-36(33-28(27)22-8-6-5-7-9-22)24-14-16-26(17-15-24)44(41,42)32-19-35(3)4/h5-19,29H,1-4H3/b32-19+. The van der Waals surface area contributed by atoms with Gasteiger partial charge in [0, 0.05) is 50.3 Å². The number of thioether (sulfide) groups is 1. The molecule has 0 N–H and O–H groups in total. The maximum atomic E-state index is 12.9. The molecule has 1 atom stereocenters. The molecule has 2 heterocycles. The molecule has 2 amide bonds. The van der Waals surface area contributed by atoms with Crippen molar-refractivity contribution in [3.63, 3.8) is 0 Å². The van der Waals surface area contributed by atoms with Gasteiger partial charge in [0.2, 0.25) is 11.8 Å². The minimum atomic E-state index is -3.88. The first kappa shape index (κ1) is 31.0. The molecule has 3 aromatic carbocycles. The van der Waals surface area contributed by atoms with Crippen LogP contribution in [0.5, 0.6) is 0 Å². The molecule has 5 rings (SSSR count). The molecular formula is C30H28ClN7O4S2. The van der Waals surface area contributed by atoms with Crippen molar-refractivity contribution in [3.05, 3.63) is 95.6 Å². The number of sulfonamides is 1. The van der Waals surface area contributed by atoms with Gasteiger partial charge in [-0.2, -0.15) is 13.5 Å². The molecule has 0 fully saturated rings. The number of amides is 2. The number of anilines is 1. The Kier molecular flexibility index (Phi) is 8.90. The third-order valence-electron chi connectivity index (χ3n) is 6.42. The molecule has 0 spiro atoms. The summed E-state index contributed by atoms with van der Waals surface area (Å²) < 4.78 is 30.5. The van der Waals surface area contributed by atoms with E-state index in [1.807, 2.05) is 30.3 Å². The van der Waals surface area contributed by atoms with Crippen LogP contribution in [0.3, 0.4) is 0 Å². The van der Waals surface area contributed by atoms with Crippen molar-refractivity contribution in [2.75, 3.05) is 19.0 Å². The summed E-state index contributed by atoms with van der Waals surface area (Å²) >= 11 is 7.31. The molecule has 0 aliphatic carbocycles. The molecule has 14 heteroatoms. The predicted octanol–water partition coefficient (Wildman–Crippen LogP) is 5.39. The minimum Gasteiger partial charge on any atom is -0.368 e. The molecule has 226 valence electrons. The number of hydrogen-bond donors (Lipinski definition) is 0. The highest BCUT2D eigenvalue weighted by atomic mass is 35.5. The number of amidine groups is 1. The topological polar surface area (TPSA) is 121 Å². The summed E-state index contributed by atoms with van der Waals surface area (Å²) in [6.07, 6.45) is 3.01. The number of aromatic nitrogens is 2. The van der Waals surface area contributed by atoms with Crippen LogP contribution in [0.25, 0.3) is 16.9 Å². The van der Waals surface area contributed by atoms with E-state index in [0.717, 1.165) is 5.56 Å². The fourth-order valence-electron chi connectivity index (χ4n) is 4.37. The summed E-state index contributed by atoms with van der Waals surface area (Å²) in [7, 11) is -0.518. The van der Waals surface area contributed by atoms with Gasteiger partial charge in [-0.25, -0.2) is 9.69 Å². The lowest BCUT2D eigenvalue weighted by atomic mass is 10.1. The fraction of sp³-hybridized carbons (Fsp3) is 0.167. The molecule has 0 bridgehead atoms. The zero-order valence-electron chi connectivity index (χ0n) is 24.2. The van der Waals surface area contributed by atoms with E-state index in [0.29, 0.717) is 32.8 Å². The van der Waals surface area contributed by atoms with Gasteiger partial charge in [-0.3, -0.25) is 14.5 Å². The Labute approximate surface area is 264 Å². The largest absolute Gasteiger partial charge is 0.368 e. The van der Waals surface area contributed by atoms with Gasteiger partial charge in [0.15, 0.2) is 5.17 Å². The summed E-state index contributed by atoms with van der Waals surface area (Å²) in [4.78, 5) is 28.7. The molecule has 44 heavy (non-hydrogen) atoms. The Bertz CT molecular complexity index is 1860. The summed E-state index contributed by atoms with van der Waals surface area (Å²) in [5.74, 6) is -0.608. The number of carbonyl (C=O) groups is 2. The van der Waals surface area contributed by atoms with Crippen molar-refractivity contribution in [2.45, 2.75) is 24.1 Å². The molecule has 0 saturated heterocycles. The molecule has 4 aromatic rings. The lowest BCUT2D eigenvalue weighted by molar-refractivity contribution is -0.129. The van der Waals surface area contributed by atoms with E-state index in [1.165, 1.54) is 58.9 Å². The molecule has 1 unspecified atom stereocenters. The van der Waals surface area contributed by atoms with Crippen LogP contribution >= 0.6 is 23.4 Å². The van der Waals surface area contributed by atoms with Gasteiger partial charge < -0.3 is 4.90 Å². The molecular weight excluding hydrogens is 622 g/mol. The maximum absolute atomic E-state index is 12.9. The lowest BCUT2D eigenvalue weighted by Crippen LogP contribution is -2.32. The molecule has 1 aliphatic rings. The second-order valence-electron chi connectivity index (χ2n) is 9.94. The van der Waals surface area contributed by atoms with Crippen LogP contribution in [-0.2, 0) is 19.6 Å². The highest BCUT2D eigenvalue weighted by Crippen LogP contribution is 2.44. The van der Waals surface area contributed by atoms with Crippen LogP contribution in [-0.4, -0.2) is 65.5 Å². The van der Waals surface area contributed by atoms with E-state index < -0.39 is 15.4 Å². The average Bonchev–Trinajstić information content (AvgIpc) is 3.63. The van der Waals surface area contributed by atoms with Gasteiger partial charge >= 0.3 is 0 Å². The number of halogens is 1. The number of rotatable bonds is 7. The predicted molar refractivity (Wildman–Crippen MR) is 173 cm³/mol. The third-order valence-corrected chi connectivity index (χ3v) is 9.06. The highest BCUT2D eigenvalue weighted by molar-refractivity contribution is 8.14. The van der Waals surface area contributed by atoms with Crippen molar-refractivity contribution in [1.29, 1.82) is 0 Å². The second kappa shape index (κ2) is 12.6. The number of hydrazone groups is 1. The van der Waals surface area contributed by atoms with Gasteiger partial charge in [0.05, 0.1) is 22.0 Å². The van der Waals surface area contributed by atoms with Crippen LogP contribution in [0.4, 0.5) is 5.69 Å². The molecule has 0 saturated carbocycles. The molecule has 1 aromatic heterocycles. The average molecular weight is 650 g/mol.